The number of hydrogen-bond acceptors (Lipinski definition) is 4. The number of ether oxygens (including phenoxy) is 1. The van der Waals surface area contributed by atoms with Crippen molar-refractivity contribution in [1.29, 1.82) is 0 Å². The number of nitrogens with zero attached hydrogens (tertiary/aromatic N) is 2. The number of amides is 1. The van der Waals surface area contributed by atoms with Gasteiger partial charge in [0.1, 0.15) is 0 Å². The maximum atomic E-state index is 13.5. The molecular weight excluding hydrogens is 473 g/mol. The van der Waals surface area contributed by atoms with Crippen LogP contribution in [0.5, 0.6) is 0 Å². The van der Waals surface area contributed by atoms with Gasteiger partial charge in [0.2, 0.25) is 5.91 Å². The highest BCUT2D eigenvalue weighted by Crippen LogP contribution is 2.27. The number of aromatic amines is 1. The van der Waals surface area contributed by atoms with E-state index < -0.39 is 0 Å². The van der Waals surface area contributed by atoms with E-state index in [1.165, 1.54) is 0 Å². The number of nitrogens with one attached hydrogen (secondary N) is 1. The van der Waals surface area contributed by atoms with E-state index in [2.05, 4.69) is 11.1 Å². The molecule has 0 radical (unpaired) electrons. The molecule has 0 aliphatic heterocycles. The van der Waals surface area contributed by atoms with Gasteiger partial charge in [-0.3, -0.25) is 14.5 Å². The molecule has 1 amide bonds. The number of esters is 1. The molecule has 1 N–H and O–H groups in total. The third-order valence-electron chi connectivity index (χ3n) is 6.08. The molecule has 1 heterocycles. The van der Waals surface area contributed by atoms with E-state index in [0.717, 1.165) is 34.9 Å². The maximum absolute atomic E-state index is 13.5. The van der Waals surface area contributed by atoms with Crippen LogP contribution in [0.25, 0.3) is 10.9 Å². The van der Waals surface area contributed by atoms with Crippen LogP contribution in [-0.4, -0.2) is 58.9 Å². The molecule has 0 atom stereocenters. The lowest BCUT2D eigenvalue weighted by atomic mass is 10.1. The number of fused-ring (bicyclic) bond motifs is 1. The Morgan fingerprint density at radius 2 is 1.88 bits per heavy atom. The minimum absolute atomic E-state index is 0.0258. The monoisotopic (exact) mass is 501 g/mol. The first kappa shape index (κ1) is 24.6. The number of carbonyl (C=O) groups excluding carboxylic acids is 2. The van der Waals surface area contributed by atoms with Gasteiger partial charge in [-0.2, -0.15) is 0 Å². The topological polar surface area (TPSA) is 65.6 Å². The average molecular weight is 502 g/mol. The van der Waals surface area contributed by atoms with E-state index in [9.17, 15) is 9.59 Å². The number of hydrogen-bond donors (Lipinski definition) is 1. The summed E-state index contributed by atoms with van der Waals surface area (Å²) >= 11 is 12.3. The number of rotatable bonds is 11. The van der Waals surface area contributed by atoms with Crippen LogP contribution >= 0.6 is 23.2 Å². The van der Waals surface area contributed by atoms with Gasteiger partial charge < -0.3 is 14.6 Å². The molecule has 8 heteroatoms. The number of H-pyrrole nitrogens is 1. The summed E-state index contributed by atoms with van der Waals surface area (Å²) in [6.45, 7) is 3.38. The molecular formula is C26H29Cl2N3O3. The zero-order chi connectivity index (χ0) is 24.1. The van der Waals surface area contributed by atoms with Gasteiger partial charge in [0.15, 0.2) is 0 Å². The third-order valence-corrected chi connectivity index (χ3v) is 6.81. The molecule has 0 unspecified atom stereocenters. The molecule has 180 valence electrons. The maximum Gasteiger partial charge on any atom is 0.320 e. The normalized spacial score (nSPS) is 13.4. The Bertz CT molecular complexity index is 1160. The van der Waals surface area contributed by atoms with E-state index in [0.29, 0.717) is 36.2 Å². The lowest BCUT2D eigenvalue weighted by Crippen LogP contribution is -2.43. The fourth-order valence-corrected chi connectivity index (χ4v) is 4.46. The standard InChI is InChI=1S/C26H29Cl2N3O3/c1-2-34-26(33)17-31(20-8-9-20)16-25(32)30(15-18-7-10-22(27)23(28)13-18)12-11-19-14-29-24-6-4-3-5-21(19)24/h3-7,10,13-14,20,29H,2,8-9,11-12,15-17H2,1H3. The first-order valence-corrected chi connectivity index (χ1v) is 12.4. The number of carbonyl (C=O) groups is 2. The van der Waals surface area contributed by atoms with Gasteiger partial charge in [-0.25, -0.2) is 0 Å². The minimum Gasteiger partial charge on any atom is -0.465 e. The number of benzene rings is 2. The molecule has 34 heavy (non-hydrogen) atoms. The molecule has 2 aromatic carbocycles. The number of halogens is 2. The minimum atomic E-state index is -0.294. The number of para-hydroxylation sites is 1. The zero-order valence-electron chi connectivity index (χ0n) is 19.2. The first-order chi connectivity index (χ1) is 16.4. The van der Waals surface area contributed by atoms with Crippen molar-refractivity contribution in [2.45, 2.75) is 38.8 Å². The molecule has 3 aromatic rings. The van der Waals surface area contributed by atoms with Crippen LogP contribution in [-0.2, 0) is 27.3 Å². The second kappa shape index (κ2) is 11.3. The molecule has 1 aromatic heterocycles. The van der Waals surface area contributed by atoms with E-state index in [1.54, 1.807) is 19.1 Å². The van der Waals surface area contributed by atoms with Crippen LogP contribution < -0.4 is 0 Å². The van der Waals surface area contributed by atoms with Crippen molar-refractivity contribution >= 4 is 46.0 Å². The van der Waals surface area contributed by atoms with Gasteiger partial charge in [-0.1, -0.05) is 47.5 Å². The summed E-state index contributed by atoms with van der Waals surface area (Å²) in [5.74, 6) is -0.320. The Morgan fingerprint density at radius 1 is 1.09 bits per heavy atom. The Balaban J connectivity index is 1.50. The summed E-state index contributed by atoms with van der Waals surface area (Å²) < 4.78 is 5.11. The average Bonchev–Trinajstić information content (AvgIpc) is 3.59. The van der Waals surface area contributed by atoms with Crippen LogP contribution in [0.4, 0.5) is 0 Å². The summed E-state index contributed by atoms with van der Waals surface area (Å²) in [5.41, 5.74) is 3.15. The van der Waals surface area contributed by atoms with E-state index in [4.69, 9.17) is 27.9 Å². The lowest BCUT2D eigenvalue weighted by molar-refractivity contribution is -0.145. The summed E-state index contributed by atoms with van der Waals surface area (Å²) in [6, 6.07) is 13.8. The Labute approximate surface area is 209 Å². The SMILES string of the molecule is CCOC(=O)CN(CC(=O)N(CCc1c[nH]c2ccccc12)Cc1ccc(Cl)c(Cl)c1)C1CC1. The smallest absolute Gasteiger partial charge is 0.320 e. The van der Waals surface area contributed by atoms with Gasteiger partial charge in [0.25, 0.3) is 0 Å². The van der Waals surface area contributed by atoms with E-state index in [-0.39, 0.29) is 31.0 Å². The molecule has 0 spiro atoms. The second-order valence-corrected chi connectivity index (χ2v) is 9.43. The Hall–Kier alpha value is -2.54. The molecule has 1 aliphatic carbocycles. The fourth-order valence-electron chi connectivity index (χ4n) is 4.14. The second-order valence-electron chi connectivity index (χ2n) is 8.61. The number of aromatic nitrogens is 1. The Kier molecular flexibility index (Phi) is 8.14. The van der Waals surface area contributed by atoms with Crippen molar-refractivity contribution in [2.24, 2.45) is 0 Å². The predicted molar refractivity (Wildman–Crippen MR) is 135 cm³/mol. The Morgan fingerprint density at radius 3 is 2.62 bits per heavy atom. The summed E-state index contributed by atoms with van der Waals surface area (Å²) in [4.78, 5) is 32.6. The van der Waals surface area contributed by atoms with Crippen molar-refractivity contribution in [3.63, 3.8) is 0 Å². The molecule has 0 saturated heterocycles. The zero-order valence-corrected chi connectivity index (χ0v) is 20.7. The molecule has 0 bridgehead atoms. The van der Waals surface area contributed by atoms with Gasteiger partial charge in [-0.05, 0) is 55.5 Å². The molecule has 1 aliphatic rings. The summed E-state index contributed by atoms with van der Waals surface area (Å²) in [6.07, 6.45) is 4.70. The van der Waals surface area contributed by atoms with E-state index >= 15 is 0 Å². The van der Waals surface area contributed by atoms with Crippen LogP contribution in [0.1, 0.15) is 30.9 Å². The summed E-state index contributed by atoms with van der Waals surface area (Å²) in [5, 5.41) is 2.10. The van der Waals surface area contributed by atoms with Crippen LogP contribution in [0, 0.1) is 0 Å². The fraction of sp³-hybridized carbons (Fsp3) is 0.385. The van der Waals surface area contributed by atoms with Gasteiger partial charge in [0, 0.05) is 36.2 Å². The quantitative estimate of drug-likeness (QED) is 0.372. The van der Waals surface area contributed by atoms with Crippen molar-refractivity contribution in [1.82, 2.24) is 14.8 Å². The molecule has 4 rings (SSSR count). The van der Waals surface area contributed by atoms with Crippen molar-refractivity contribution in [3.8, 4) is 0 Å². The largest absolute Gasteiger partial charge is 0.465 e. The molecule has 1 saturated carbocycles. The van der Waals surface area contributed by atoms with Crippen molar-refractivity contribution in [3.05, 3.63) is 69.8 Å². The highest BCUT2D eigenvalue weighted by molar-refractivity contribution is 6.42. The molecule has 6 nitrogen and oxygen atoms in total. The first-order valence-electron chi connectivity index (χ1n) is 11.6. The van der Waals surface area contributed by atoms with Gasteiger partial charge in [-0.15, -0.1) is 0 Å². The van der Waals surface area contributed by atoms with Crippen LogP contribution in [0.2, 0.25) is 10.0 Å². The van der Waals surface area contributed by atoms with Gasteiger partial charge in [0.05, 0.1) is 29.7 Å². The van der Waals surface area contributed by atoms with Crippen molar-refractivity contribution in [2.75, 3.05) is 26.2 Å². The highest BCUT2D eigenvalue weighted by Gasteiger charge is 2.33. The lowest BCUT2D eigenvalue weighted by Gasteiger charge is -2.27. The van der Waals surface area contributed by atoms with Crippen molar-refractivity contribution < 1.29 is 14.3 Å². The van der Waals surface area contributed by atoms with Gasteiger partial charge >= 0.3 is 5.97 Å². The molecule has 1 fully saturated rings. The van der Waals surface area contributed by atoms with E-state index in [1.807, 2.05) is 40.3 Å². The highest BCUT2D eigenvalue weighted by atomic mass is 35.5. The van der Waals surface area contributed by atoms with Crippen LogP contribution in [0.3, 0.4) is 0 Å². The third kappa shape index (κ3) is 6.32. The van der Waals surface area contributed by atoms with Crippen LogP contribution in [0.15, 0.2) is 48.7 Å². The predicted octanol–water partition coefficient (Wildman–Crippen LogP) is 5.07. The summed E-state index contributed by atoms with van der Waals surface area (Å²) in [7, 11) is 0.